The SMILES string of the molecule is CNC(=O)c1cc(OC)c(Cl)c(CC2=CCc3ncc(Br)cc32)c1Cl. The molecule has 0 unspecified atom stereocenters. The molecule has 0 aliphatic heterocycles. The van der Waals surface area contributed by atoms with E-state index in [0.717, 1.165) is 27.7 Å². The van der Waals surface area contributed by atoms with Crippen molar-refractivity contribution in [1.29, 1.82) is 0 Å². The monoisotopic (exact) mass is 440 g/mol. The Bertz CT molecular complexity index is 897. The van der Waals surface area contributed by atoms with Crippen molar-refractivity contribution in [3.05, 3.63) is 61.3 Å². The van der Waals surface area contributed by atoms with Gasteiger partial charge in [0.15, 0.2) is 0 Å². The Kier molecular flexibility index (Phi) is 5.37. The lowest BCUT2D eigenvalue weighted by Crippen LogP contribution is -2.19. The van der Waals surface area contributed by atoms with Crippen molar-refractivity contribution in [1.82, 2.24) is 10.3 Å². The number of nitrogens with zero attached hydrogens (tertiary/aromatic N) is 1. The van der Waals surface area contributed by atoms with Crippen molar-refractivity contribution in [2.24, 2.45) is 0 Å². The number of carbonyl (C=O) groups excluding carboxylic acids is 1. The van der Waals surface area contributed by atoms with Crippen molar-refractivity contribution < 1.29 is 9.53 Å². The molecule has 0 atom stereocenters. The summed E-state index contributed by atoms with van der Waals surface area (Å²) in [5.74, 6) is 0.136. The average molecular weight is 442 g/mol. The number of benzene rings is 1. The zero-order valence-electron chi connectivity index (χ0n) is 13.6. The lowest BCUT2D eigenvalue weighted by molar-refractivity contribution is 0.0963. The first-order valence-corrected chi connectivity index (χ1v) is 9.12. The van der Waals surface area contributed by atoms with E-state index in [9.17, 15) is 4.79 Å². The maximum absolute atomic E-state index is 12.1. The highest BCUT2D eigenvalue weighted by Crippen LogP contribution is 2.40. The third-order valence-corrected chi connectivity index (χ3v) is 5.42. The predicted molar refractivity (Wildman–Crippen MR) is 104 cm³/mol. The van der Waals surface area contributed by atoms with Crippen LogP contribution in [0, 0.1) is 0 Å². The summed E-state index contributed by atoms with van der Waals surface area (Å²) in [5.41, 5.74) is 4.15. The van der Waals surface area contributed by atoms with Gasteiger partial charge in [0.1, 0.15) is 5.75 Å². The summed E-state index contributed by atoms with van der Waals surface area (Å²) >= 11 is 16.4. The van der Waals surface area contributed by atoms with E-state index in [2.05, 4.69) is 32.3 Å². The van der Waals surface area contributed by atoms with Crippen LogP contribution in [0.5, 0.6) is 5.75 Å². The smallest absolute Gasteiger partial charge is 0.252 e. The number of halogens is 3. The van der Waals surface area contributed by atoms with E-state index in [1.54, 1.807) is 19.3 Å². The number of pyridine rings is 1. The second-order valence-electron chi connectivity index (χ2n) is 5.57. The number of nitrogens with one attached hydrogen (secondary N) is 1. The molecular weight excluding hydrogens is 427 g/mol. The largest absolute Gasteiger partial charge is 0.495 e. The first-order valence-electron chi connectivity index (χ1n) is 7.57. The van der Waals surface area contributed by atoms with Gasteiger partial charge in [-0.05, 0) is 39.2 Å². The summed E-state index contributed by atoms with van der Waals surface area (Å²) in [4.78, 5) is 16.6. The molecule has 0 radical (unpaired) electrons. The molecule has 3 rings (SSSR count). The third kappa shape index (κ3) is 3.41. The molecule has 0 fully saturated rings. The molecular formula is C18H15BrCl2N2O2. The van der Waals surface area contributed by atoms with Gasteiger partial charge in [0, 0.05) is 36.1 Å². The van der Waals surface area contributed by atoms with Gasteiger partial charge < -0.3 is 10.1 Å². The molecule has 1 N–H and O–H groups in total. The van der Waals surface area contributed by atoms with Crippen LogP contribution in [0.2, 0.25) is 10.0 Å². The summed E-state index contributed by atoms with van der Waals surface area (Å²) in [6.45, 7) is 0. The van der Waals surface area contributed by atoms with Crippen LogP contribution in [-0.2, 0) is 12.8 Å². The average Bonchev–Trinajstić information content (AvgIpc) is 3.00. The number of hydrogen-bond donors (Lipinski definition) is 1. The van der Waals surface area contributed by atoms with Gasteiger partial charge in [0.2, 0.25) is 0 Å². The summed E-state index contributed by atoms with van der Waals surface area (Å²) < 4.78 is 6.23. The van der Waals surface area contributed by atoms with Gasteiger partial charge in [0.05, 0.1) is 28.4 Å². The van der Waals surface area contributed by atoms with Crippen LogP contribution < -0.4 is 10.1 Å². The molecule has 1 heterocycles. The second kappa shape index (κ2) is 7.36. The van der Waals surface area contributed by atoms with Crippen LogP contribution in [0.25, 0.3) is 5.57 Å². The molecule has 1 amide bonds. The molecule has 1 aliphatic carbocycles. The Hall–Kier alpha value is -1.56. The van der Waals surface area contributed by atoms with Crippen LogP contribution in [0.1, 0.15) is 27.2 Å². The fourth-order valence-electron chi connectivity index (χ4n) is 2.87. The molecule has 0 saturated carbocycles. The number of carbonyl (C=O) groups is 1. The van der Waals surface area contributed by atoms with Crippen molar-refractivity contribution in [3.8, 4) is 5.75 Å². The van der Waals surface area contributed by atoms with E-state index >= 15 is 0 Å². The van der Waals surface area contributed by atoms with Crippen LogP contribution in [0.3, 0.4) is 0 Å². The van der Waals surface area contributed by atoms with Crippen molar-refractivity contribution in [3.63, 3.8) is 0 Å². The molecule has 0 spiro atoms. The molecule has 0 bridgehead atoms. The van der Waals surface area contributed by atoms with Gasteiger partial charge in [-0.3, -0.25) is 9.78 Å². The van der Waals surface area contributed by atoms with Gasteiger partial charge in [-0.1, -0.05) is 29.3 Å². The normalized spacial score (nSPS) is 12.6. The van der Waals surface area contributed by atoms with E-state index in [4.69, 9.17) is 27.9 Å². The zero-order chi connectivity index (χ0) is 18.1. The van der Waals surface area contributed by atoms with Crippen molar-refractivity contribution in [2.45, 2.75) is 12.8 Å². The number of amides is 1. The lowest BCUT2D eigenvalue weighted by atomic mass is 9.98. The Morgan fingerprint density at radius 1 is 1.36 bits per heavy atom. The van der Waals surface area contributed by atoms with Gasteiger partial charge in [-0.15, -0.1) is 0 Å². The minimum absolute atomic E-state index is 0.286. The van der Waals surface area contributed by atoms with Gasteiger partial charge in [-0.25, -0.2) is 0 Å². The number of ether oxygens (including phenoxy) is 1. The van der Waals surface area contributed by atoms with Gasteiger partial charge in [-0.2, -0.15) is 0 Å². The number of aromatic nitrogens is 1. The molecule has 1 aromatic heterocycles. The Morgan fingerprint density at radius 3 is 2.80 bits per heavy atom. The second-order valence-corrected chi connectivity index (χ2v) is 7.24. The van der Waals surface area contributed by atoms with Gasteiger partial charge >= 0.3 is 0 Å². The highest BCUT2D eigenvalue weighted by Gasteiger charge is 2.23. The molecule has 0 saturated heterocycles. The number of fused-ring (bicyclic) bond motifs is 1. The fraction of sp³-hybridized carbons (Fsp3) is 0.222. The standard InChI is InChI=1S/C18H15BrCl2N2O2/c1-22-18(24)13-7-15(25-2)17(21)12(16(13)20)5-9-3-4-14-11(9)6-10(19)8-23-14/h3,6-8H,4-5H2,1-2H3,(H,22,24). The third-order valence-electron chi connectivity index (χ3n) is 4.14. The highest BCUT2D eigenvalue weighted by molar-refractivity contribution is 9.10. The lowest BCUT2D eigenvalue weighted by Gasteiger charge is -2.15. The number of allylic oxidation sites excluding steroid dienone is 2. The van der Waals surface area contributed by atoms with E-state index in [1.807, 2.05) is 6.07 Å². The number of hydrogen-bond acceptors (Lipinski definition) is 3. The van der Waals surface area contributed by atoms with E-state index < -0.39 is 0 Å². The highest BCUT2D eigenvalue weighted by atomic mass is 79.9. The summed E-state index contributed by atoms with van der Waals surface area (Å²) in [6.07, 6.45) is 5.14. The van der Waals surface area contributed by atoms with Crippen LogP contribution in [-0.4, -0.2) is 25.0 Å². The molecule has 7 heteroatoms. The van der Waals surface area contributed by atoms with E-state index in [-0.39, 0.29) is 5.91 Å². The summed E-state index contributed by atoms with van der Waals surface area (Å²) in [6, 6.07) is 3.59. The van der Waals surface area contributed by atoms with Crippen molar-refractivity contribution in [2.75, 3.05) is 14.2 Å². The fourth-order valence-corrected chi connectivity index (χ4v) is 3.84. The minimum Gasteiger partial charge on any atom is -0.495 e. The maximum Gasteiger partial charge on any atom is 0.252 e. The van der Waals surface area contributed by atoms with E-state index in [1.165, 1.54) is 7.11 Å². The quantitative estimate of drug-likeness (QED) is 0.747. The Balaban J connectivity index is 2.07. The summed E-state index contributed by atoms with van der Waals surface area (Å²) in [5, 5.41) is 3.33. The number of methoxy groups -OCH3 is 1. The minimum atomic E-state index is -0.286. The zero-order valence-corrected chi connectivity index (χ0v) is 16.7. The van der Waals surface area contributed by atoms with Crippen molar-refractivity contribution >= 4 is 50.6 Å². The molecule has 130 valence electrons. The molecule has 2 aromatic rings. The van der Waals surface area contributed by atoms with Crippen LogP contribution >= 0.6 is 39.1 Å². The molecule has 25 heavy (non-hydrogen) atoms. The molecule has 4 nitrogen and oxygen atoms in total. The first kappa shape index (κ1) is 18.2. The van der Waals surface area contributed by atoms with Crippen LogP contribution in [0.15, 0.2) is 28.9 Å². The Morgan fingerprint density at radius 2 is 2.12 bits per heavy atom. The Labute approximate surface area is 164 Å². The maximum atomic E-state index is 12.1. The first-order chi connectivity index (χ1) is 12.0. The molecule has 1 aliphatic rings. The van der Waals surface area contributed by atoms with E-state index in [0.29, 0.717) is 33.3 Å². The van der Waals surface area contributed by atoms with Crippen LogP contribution in [0.4, 0.5) is 0 Å². The number of rotatable bonds is 4. The predicted octanol–water partition coefficient (Wildman–Crippen LogP) is 4.70. The molecule has 1 aromatic carbocycles. The summed E-state index contributed by atoms with van der Waals surface area (Å²) in [7, 11) is 3.07. The van der Waals surface area contributed by atoms with Gasteiger partial charge in [0.25, 0.3) is 5.91 Å². The topological polar surface area (TPSA) is 51.2 Å².